The summed E-state index contributed by atoms with van der Waals surface area (Å²) >= 11 is 3.15. The van der Waals surface area contributed by atoms with Gasteiger partial charge >= 0.3 is 6.09 Å². The van der Waals surface area contributed by atoms with Crippen LogP contribution < -0.4 is 0 Å². The third-order valence-corrected chi connectivity index (χ3v) is 6.81. The van der Waals surface area contributed by atoms with Crippen LogP contribution >= 0.6 is 23.1 Å². The molecule has 0 spiro atoms. The van der Waals surface area contributed by atoms with E-state index in [2.05, 4.69) is 20.8 Å². The molecule has 0 bridgehead atoms. The molecular weight excluding hydrogens is 416 g/mol. The summed E-state index contributed by atoms with van der Waals surface area (Å²) in [7, 11) is 0. The van der Waals surface area contributed by atoms with Gasteiger partial charge in [-0.3, -0.25) is 4.90 Å². The van der Waals surface area contributed by atoms with Crippen molar-refractivity contribution in [2.75, 3.05) is 12.8 Å². The van der Waals surface area contributed by atoms with Gasteiger partial charge in [0.1, 0.15) is 32.8 Å². The van der Waals surface area contributed by atoms with E-state index in [9.17, 15) is 4.79 Å². The number of aromatic nitrogens is 3. The third kappa shape index (κ3) is 4.30. The van der Waals surface area contributed by atoms with E-state index in [1.165, 1.54) is 0 Å². The van der Waals surface area contributed by atoms with E-state index in [0.29, 0.717) is 6.54 Å². The molecule has 4 rings (SSSR count). The minimum atomic E-state index is -0.285. The Morgan fingerprint density at radius 3 is 2.70 bits per heavy atom. The molecule has 0 unspecified atom stereocenters. The second kappa shape index (κ2) is 8.51. The van der Waals surface area contributed by atoms with Crippen LogP contribution in [-0.2, 0) is 16.8 Å². The van der Waals surface area contributed by atoms with Crippen LogP contribution in [-0.4, -0.2) is 38.7 Å². The van der Waals surface area contributed by atoms with Crippen molar-refractivity contribution < 1.29 is 9.53 Å². The van der Waals surface area contributed by atoms with Gasteiger partial charge < -0.3 is 4.74 Å². The van der Waals surface area contributed by atoms with Crippen molar-refractivity contribution in [3.05, 3.63) is 46.7 Å². The Balaban J connectivity index is 1.58. The van der Waals surface area contributed by atoms with Gasteiger partial charge in [-0.15, -0.1) is 11.8 Å². The molecule has 1 fully saturated rings. The standard InChI is InChI=1S/C22H26N4O2S2/c1-22(2,3)20-24-18(29-4)16-19(25-20)30-17(23-16)15-11-8-12-26(15)21(27)28-13-14-9-6-5-7-10-14/h5-7,9-10,15H,8,11-13H2,1-4H3/t15-/m1/s1. The van der Waals surface area contributed by atoms with Gasteiger partial charge in [0.25, 0.3) is 0 Å². The molecular formula is C22H26N4O2S2. The van der Waals surface area contributed by atoms with Crippen LogP contribution in [0.2, 0.25) is 0 Å². The first-order chi connectivity index (χ1) is 14.4. The SMILES string of the molecule is CSc1nc(C(C)(C)C)nc2sc([C@H]3CCCN3C(=O)OCc3ccccc3)nc12. The number of hydrogen-bond acceptors (Lipinski definition) is 7. The van der Waals surface area contributed by atoms with E-state index < -0.39 is 0 Å². The van der Waals surface area contributed by atoms with Crippen molar-refractivity contribution in [3.8, 4) is 0 Å². The molecule has 1 amide bonds. The maximum absolute atomic E-state index is 12.8. The molecule has 0 saturated carbocycles. The number of likely N-dealkylation sites (tertiary alicyclic amines) is 1. The summed E-state index contributed by atoms with van der Waals surface area (Å²) in [5.41, 5.74) is 1.68. The zero-order chi connectivity index (χ0) is 21.3. The molecule has 158 valence electrons. The number of nitrogens with zero attached hydrogens (tertiary/aromatic N) is 4. The van der Waals surface area contributed by atoms with Crippen LogP contribution in [0.5, 0.6) is 0 Å². The summed E-state index contributed by atoms with van der Waals surface area (Å²) < 4.78 is 5.58. The zero-order valence-corrected chi connectivity index (χ0v) is 19.3. The van der Waals surface area contributed by atoms with E-state index in [1.54, 1.807) is 28.0 Å². The van der Waals surface area contributed by atoms with Crippen LogP contribution in [0.3, 0.4) is 0 Å². The fourth-order valence-electron chi connectivity index (χ4n) is 3.48. The molecule has 0 N–H and O–H groups in total. The van der Waals surface area contributed by atoms with Crippen LogP contribution in [0.1, 0.15) is 56.1 Å². The summed E-state index contributed by atoms with van der Waals surface area (Å²) in [5.74, 6) is 0.820. The van der Waals surface area contributed by atoms with Crippen LogP contribution in [0.4, 0.5) is 4.79 Å². The average Bonchev–Trinajstić information content (AvgIpc) is 3.38. The Bertz CT molecular complexity index is 1050. The molecule has 8 heteroatoms. The van der Waals surface area contributed by atoms with E-state index in [4.69, 9.17) is 19.7 Å². The number of ether oxygens (including phenoxy) is 1. The van der Waals surface area contributed by atoms with Crippen molar-refractivity contribution in [1.82, 2.24) is 19.9 Å². The number of rotatable bonds is 4. The number of thiazole rings is 1. The number of hydrogen-bond donors (Lipinski definition) is 0. The predicted octanol–water partition coefficient (Wildman–Crippen LogP) is 5.58. The van der Waals surface area contributed by atoms with Crippen molar-refractivity contribution >= 4 is 39.5 Å². The smallest absolute Gasteiger partial charge is 0.410 e. The maximum Gasteiger partial charge on any atom is 0.410 e. The summed E-state index contributed by atoms with van der Waals surface area (Å²) in [6.07, 6.45) is 3.55. The minimum absolute atomic E-state index is 0.0692. The molecule has 3 aromatic rings. The van der Waals surface area contributed by atoms with Gasteiger partial charge in [0.15, 0.2) is 0 Å². The molecule has 30 heavy (non-hydrogen) atoms. The van der Waals surface area contributed by atoms with Crippen molar-refractivity contribution in [2.24, 2.45) is 0 Å². The lowest BCUT2D eigenvalue weighted by atomic mass is 9.96. The number of amides is 1. The van der Waals surface area contributed by atoms with Gasteiger partial charge in [-0.2, -0.15) is 0 Å². The minimum Gasteiger partial charge on any atom is -0.445 e. The fourth-order valence-corrected chi connectivity index (χ4v) is 5.14. The molecule has 6 nitrogen and oxygen atoms in total. The number of thioether (sulfide) groups is 1. The first-order valence-corrected chi connectivity index (χ1v) is 12.1. The largest absolute Gasteiger partial charge is 0.445 e. The van der Waals surface area contributed by atoms with Gasteiger partial charge in [0.2, 0.25) is 0 Å². The highest BCUT2D eigenvalue weighted by Gasteiger charge is 2.34. The van der Waals surface area contributed by atoms with Crippen molar-refractivity contribution in [2.45, 2.75) is 56.7 Å². The molecule has 0 radical (unpaired) electrons. The van der Waals surface area contributed by atoms with Gasteiger partial charge in [-0.05, 0) is 24.7 Å². The first kappa shape index (κ1) is 21.1. The van der Waals surface area contributed by atoms with Crippen molar-refractivity contribution in [3.63, 3.8) is 0 Å². The molecule has 2 aromatic heterocycles. The van der Waals surface area contributed by atoms with Crippen LogP contribution in [0.25, 0.3) is 10.3 Å². The summed E-state index contributed by atoms with van der Waals surface area (Å²) in [6, 6.07) is 9.68. The van der Waals surface area contributed by atoms with E-state index >= 15 is 0 Å². The average molecular weight is 443 g/mol. The Morgan fingerprint density at radius 1 is 1.23 bits per heavy atom. The van der Waals surface area contributed by atoms with E-state index in [1.807, 2.05) is 36.6 Å². The molecule has 1 aliphatic rings. The van der Waals surface area contributed by atoms with Gasteiger partial charge in [0, 0.05) is 12.0 Å². The molecule has 1 saturated heterocycles. The third-order valence-electron chi connectivity index (χ3n) is 5.08. The predicted molar refractivity (Wildman–Crippen MR) is 121 cm³/mol. The second-order valence-electron chi connectivity index (χ2n) is 8.40. The monoisotopic (exact) mass is 442 g/mol. The van der Waals surface area contributed by atoms with Gasteiger partial charge in [-0.1, -0.05) is 62.4 Å². The normalized spacial score (nSPS) is 16.9. The van der Waals surface area contributed by atoms with Crippen molar-refractivity contribution in [1.29, 1.82) is 0 Å². The van der Waals surface area contributed by atoms with Gasteiger partial charge in [-0.25, -0.2) is 19.7 Å². The quantitative estimate of drug-likeness (QED) is 0.388. The summed E-state index contributed by atoms with van der Waals surface area (Å²) in [6.45, 7) is 7.30. The molecule has 1 atom stereocenters. The number of fused-ring (bicyclic) bond motifs is 1. The Hall–Kier alpha value is -2.19. The highest BCUT2D eigenvalue weighted by Crippen LogP contribution is 2.38. The van der Waals surface area contributed by atoms with Gasteiger partial charge in [0.05, 0.1) is 6.04 Å². The zero-order valence-electron chi connectivity index (χ0n) is 17.7. The molecule has 3 heterocycles. The maximum atomic E-state index is 12.8. The highest BCUT2D eigenvalue weighted by atomic mass is 32.2. The Labute approximate surface area is 185 Å². The lowest BCUT2D eigenvalue weighted by Crippen LogP contribution is -2.31. The van der Waals surface area contributed by atoms with Crippen LogP contribution in [0.15, 0.2) is 35.4 Å². The molecule has 1 aromatic carbocycles. The van der Waals surface area contributed by atoms with E-state index in [-0.39, 0.29) is 24.2 Å². The number of carbonyl (C=O) groups excluding carboxylic acids is 1. The molecule has 1 aliphatic heterocycles. The molecule has 0 aliphatic carbocycles. The Kier molecular flexibility index (Phi) is 5.97. The summed E-state index contributed by atoms with van der Waals surface area (Å²) in [4.78, 5) is 29.9. The first-order valence-electron chi connectivity index (χ1n) is 10.1. The Morgan fingerprint density at radius 2 is 2.00 bits per heavy atom. The second-order valence-corrected chi connectivity index (χ2v) is 10.2. The summed E-state index contributed by atoms with van der Waals surface area (Å²) in [5, 5.41) is 1.80. The lowest BCUT2D eigenvalue weighted by molar-refractivity contribution is 0.0920. The topological polar surface area (TPSA) is 68.2 Å². The fraction of sp³-hybridized carbons (Fsp3) is 0.455. The van der Waals surface area contributed by atoms with E-state index in [0.717, 1.165) is 44.6 Å². The highest BCUT2D eigenvalue weighted by molar-refractivity contribution is 7.98. The number of benzene rings is 1. The number of carbonyl (C=O) groups is 1. The van der Waals surface area contributed by atoms with Crippen LogP contribution in [0, 0.1) is 0 Å². The lowest BCUT2D eigenvalue weighted by Gasteiger charge is -2.22.